The average Bonchev–Trinajstić information content (AvgIpc) is 2.22. The van der Waals surface area contributed by atoms with Crippen LogP contribution in [0.4, 0.5) is 0 Å². The molecule has 0 aliphatic carbocycles. The first kappa shape index (κ1) is 6.53. The quantitative estimate of drug-likeness (QED) is 0.495. The van der Waals surface area contributed by atoms with Crippen LogP contribution in [0.1, 0.15) is 19.3 Å². The van der Waals surface area contributed by atoms with Gasteiger partial charge in [-0.2, -0.15) is 11.8 Å². The summed E-state index contributed by atoms with van der Waals surface area (Å²) in [5.41, 5.74) is 0. The van der Waals surface area contributed by atoms with E-state index in [0.717, 1.165) is 0 Å². The van der Waals surface area contributed by atoms with E-state index in [1.807, 2.05) is 11.8 Å². The number of thioether (sulfide) groups is 1. The molecule has 0 spiro atoms. The van der Waals surface area contributed by atoms with Crippen molar-refractivity contribution in [1.29, 1.82) is 0 Å². The second-order valence-electron chi connectivity index (χ2n) is 2.84. The molecule has 56 valence electrons. The highest BCUT2D eigenvalue weighted by atomic mass is 32.2. The summed E-state index contributed by atoms with van der Waals surface area (Å²) in [5.74, 6) is -0.000278. The fraction of sp³-hybridized carbons (Fsp3) is 0.857. The Balaban J connectivity index is 2.05. The summed E-state index contributed by atoms with van der Waals surface area (Å²) in [5, 5.41) is 1.18. The Labute approximate surface area is 64.3 Å². The summed E-state index contributed by atoms with van der Waals surface area (Å²) in [6.07, 6.45) is 3.09. The molecule has 0 aromatic rings. The first-order chi connectivity index (χ1) is 4.84. The van der Waals surface area contributed by atoms with E-state index >= 15 is 0 Å². The van der Waals surface area contributed by atoms with Gasteiger partial charge in [0.15, 0.2) is 0 Å². The minimum atomic E-state index is -0.000278. The Kier molecular flexibility index (Phi) is 1.60. The predicted molar refractivity (Wildman–Crippen MR) is 40.0 cm³/mol. The molecule has 2 nitrogen and oxygen atoms in total. The number of cyclic esters (lactones) is 1. The van der Waals surface area contributed by atoms with Crippen molar-refractivity contribution in [3.63, 3.8) is 0 Å². The zero-order chi connectivity index (χ0) is 6.97. The molecule has 0 N–H and O–H groups in total. The number of carbonyl (C=O) groups excluding carboxylic acids is 1. The van der Waals surface area contributed by atoms with Crippen LogP contribution in [0, 0.1) is 0 Å². The van der Waals surface area contributed by atoms with Crippen molar-refractivity contribution >= 4 is 17.7 Å². The zero-order valence-corrected chi connectivity index (χ0v) is 6.52. The molecule has 3 heteroatoms. The van der Waals surface area contributed by atoms with Gasteiger partial charge in [-0.3, -0.25) is 4.79 Å². The van der Waals surface area contributed by atoms with Crippen LogP contribution >= 0.6 is 11.8 Å². The normalized spacial score (nSPS) is 39.0. The van der Waals surface area contributed by atoms with E-state index in [2.05, 4.69) is 0 Å². The summed E-state index contributed by atoms with van der Waals surface area (Å²) in [7, 11) is 0. The lowest BCUT2D eigenvalue weighted by Gasteiger charge is -2.06. The minimum Gasteiger partial charge on any atom is -0.464 e. The van der Waals surface area contributed by atoms with Crippen molar-refractivity contribution in [2.45, 2.75) is 29.8 Å². The first-order valence-corrected chi connectivity index (χ1v) is 4.60. The van der Waals surface area contributed by atoms with Gasteiger partial charge in [0.05, 0.1) is 6.42 Å². The number of fused-ring (bicyclic) bond motifs is 2. The molecule has 2 saturated heterocycles. The maximum absolute atomic E-state index is 10.8. The molecule has 0 saturated carbocycles. The Morgan fingerprint density at radius 3 is 3.10 bits per heavy atom. The molecular weight excluding hydrogens is 148 g/mol. The molecule has 0 aromatic carbocycles. The summed E-state index contributed by atoms with van der Waals surface area (Å²) in [6.45, 7) is 0.653. The summed E-state index contributed by atoms with van der Waals surface area (Å²) in [4.78, 5) is 10.8. The monoisotopic (exact) mass is 158 g/mol. The van der Waals surface area contributed by atoms with Gasteiger partial charge < -0.3 is 4.74 Å². The topological polar surface area (TPSA) is 26.3 Å². The van der Waals surface area contributed by atoms with Crippen LogP contribution in [0.3, 0.4) is 0 Å². The van der Waals surface area contributed by atoms with Crippen LogP contribution in [-0.4, -0.2) is 23.1 Å². The summed E-state index contributed by atoms with van der Waals surface area (Å²) >= 11 is 1.93. The zero-order valence-electron chi connectivity index (χ0n) is 5.71. The Morgan fingerprint density at radius 1 is 1.40 bits per heavy atom. The van der Waals surface area contributed by atoms with Gasteiger partial charge in [-0.05, 0) is 12.8 Å². The highest BCUT2D eigenvalue weighted by Gasteiger charge is 2.31. The van der Waals surface area contributed by atoms with E-state index in [1.54, 1.807) is 0 Å². The van der Waals surface area contributed by atoms with Gasteiger partial charge in [0.1, 0.15) is 6.61 Å². The lowest BCUT2D eigenvalue weighted by molar-refractivity contribution is -0.143. The number of ether oxygens (including phenoxy) is 1. The second kappa shape index (κ2) is 2.46. The third-order valence-electron chi connectivity index (χ3n) is 2.02. The van der Waals surface area contributed by atoms with Crippen molar-refractivity contribution in [3.8, 4) is 0 Å². The lowest BCUT2D eigenvalue weighted by atomic mass is 10.1. The van der Waals surface area contributed by atoms with Crippen molar-refractivity contribution in [1.82, 2.24) is 0 Å². The first-order valence-electron chi connectivity index (χ1n) is 3.65. The number of rotatable bonds is 0. The highest BCUT2D eigenvalue weighted by Crippen LogP contribution is 2.37. The molecule has 2 bridgehead atoms. The average molecular weight is 158 g/mol. The van der Waals surface area contributed by atoms with E-state index < -0.39 is 0 Å². The molecule has 2 heterocycles. The largest absolute Gasteiger partial charge is 0.464 e. The summed E-state index contributed by atoms with van der Waals surface area (Å²) < 4.78 is 4.98. The van der Waals surface area contributed by atoms with Crippen molar-refractivity contribution in [3.05, 3.63) is 0 Å². The van der Waals surface area contributed by atoms with Crippen molar-refractivity contribution in [2.75, 3.05) is 6.61 Å². The molecule has 2 unspecified atom stereocenters. The number of hydrogen-bond donors (Lipinski definition) is 0. The smallest absolute Gasteiger partial charge is 0.306 e. The summed E-state index contributed by atoms with van der Waals surface area (Å²) in [6, 6.07) is 0. The number of hydrogen-bond acceptors (Lipinski definition) is 3. The molecule has 2 aliphatic heterocycles. The van der Waals surface area contributed by atoms with E-state index in [0.29, 0.717) is 23.5 Å². The van der Waals surface area contributed by atoms with Gasteiger partial charge in [-0.1, -0.05) is 0 Å². The van der Waals surface area contributed by atoms with Gasteiger partial charge in [0.2, 0.25) is 0 Å². The Hall–Kier alpha value is -0.180. The third-order valence-corrected chi connectivity index (χ3v) is 3.56. The number of carbonyl (C=O) groups is 1. The van der Waals surface area contributed by atoms with Gasteiger partial charge >= 0.3 is 5.97 Å². The van der Waals surface area contributed by atoms with Crippen LogP contribution in [0.5, 0.6) is 0 Å². The van der Waals surface area contributed by atoms with Gasteiger partial charge in [0.25, 0.3) is 0 Å². The molecule has 10 heavy (non-hydrogen) atoms. The maximum atomic E-state index is 10.8. The maximum Gasteiger partial charge on any atom is 0.306 e. The number of esters is 1. The van der Waals surface area contributed by atoms with E-state index in [-0.39, 0.29) is 5.97 Å². The van der Waals surface area contributed by atoms with Crippen LogP contribution in [0.2, 0.25) is 0 Å². The molecular formula is C7H10O2S. The Bertz CT molecular complexity index is 158. The predicted octanol–water partition coefficient (Wildman–Crippen LogP) is 1.20. The standard InChI is InChI=1S/C7H10O2S/c8-7-3-5-1-2-6(10-5)4-9-7/h5-6H,1-4H2. The fourth-order valence-corrected chi connectivity index (χ4v) is 2.95. The highest BCUT2D eigenvalue weighted by molar-refractivity contribution is 8.00. The van der Waals surface area contributed by atoms with Crippen molar-refractivity contribution < 1.29 is 9.53 Å². The van der Waals surface area contributed by atoms with Gasteiger partial charge in [-0.25, -0.2) is 0 Å². The second-order valence-corrected chi connectivity index (χ2v) is 4.45. The molecule has 2 atom stereocenters. The third kappa shape index (κ3) is 1.15. The van der Waals surface area contributed by atoms with Crippen LogP contribution in [-0.2, 0) is 9.53 Å². The molecule has 2 aliphatic rings. The molecule has 0 radical (unpaired) electrons. The van der Waals surface area contributed by atoms with E-state index in [1.165, 1.54) is 12.8 Å². The molecule has 2 rings (SSSR count). The SMILES string of the molecule is O=C1CC2CCC(CO1)S2. The molecule has 2 fully saturated rings. The van der Waals surface area contributed by atoms with E-state index in [4.69, 9.17) is 4.74 Å². The minimum absolute atomic E-state index is 0.000278. The van der Waals surface area contributed by atoms with Gasteiger partial charge in [-0.15, -0.1) is 0 Å². The lowest BCUT2D eigenvalue weighted by Crippen LogP contribution is -2.13. The van der Waals surface area contributed by atoms with Crippen LogP contribution in [0.15, 0.2) is 0 Å². The molecule has 0 amide bonds. The van der Waals surface area contributed by atoms with Crippen LogP contribution < -0.4 is 0 Å². The van der Waals surface area contributed by atoms with E-state index in [9.17, 15) is 4.79 Å². The Morgan fingerprint density at radius 2 is 2.20 bits per heavy atom. The fourth-order valence-electron chi connectivity index (χ4n) is 1.48. The van der Waals surface area contributed by atoms with Gasteiger partial charge in [0, 0.05) is 10.5 Å². The molecule has 0 aromatic heterocycles. The van der Waals surface area contributed by atoms with Crippen molar-refractivity contribution in [2.24, 2.45) is 0 Å². The van der Waals surface area contributed by atoms with Crippen LogP contribution in [0.25, 0.3) is 0 Å².